The highest BCUT2D eigenvalue weighted by atomic mass is 19.3. The molecule has 1 saturated carbocycles. The Morgan fingerprint density at radius 1 is 1.20 bits per heavy atom. The largest absolute Gasteiger partial charge is 0.348 e. The second kappa shape index (κ2) is 4.72. The van der Waals surface area contributed by atoms with Crippen LogP contribution in [0.2, 0.25) is 0 Å². The SMILES string of the molecule is FC(F)CNC1CCC2(CC1)OCCO2. The fourth-order valence-electron chi connectivity index (χ4n) is 2.30. The molecular weight excluding hydrogens is 204 g/mol. The van der Waals surface area contributed by atoms with Crippen molar-refractivity contribution in [3.8, 4) is 0 Å². The van der Waals surface area contributed by atoms with E-state index in [-0.39, 0.29) is 18.4 Å². The first-order chi connectivity index (χ1) is 7.20. The summed E-state index contributed by atoms with van der Waals surface area (Å²) in [6.07, 6.45) is 1.07. The zero-order chi connectivity index (χ0) is 10.7. The number of alkyl halides is 2. The van der Waals surface area contributed by atoms with E-state index in [9.17, 15) is 8.78 Å². The van der Waals surface area contributed by atoms with E-state index in [1.807, 2.05) is 0 Å². The van der Waals surface area contributed by atoms with Crippen LogP contribution in [0.4, 0.5) is 8.78 Å². The van der Waals surface area contributed by atoms with E-state index in [0.29, 0.717) is 13.2 Å². The molecule has 1 aliphatic carbocycles. The molecule has 0 radical (unpaired) electrons. The van der Waals surface area contributed by atoms with Crippen LogP contribution in [0.3, 0.4) is 0 Å². The third kappa shape index (κ3) is 2.86. The van der Waals surface area contributed by atoms with Gasteiger partial charge in [-0.05, 0) is 12.8 Å². The fraction of sp³-hybridized carbons (Fsp3) is 1.00. The van der Waals surface area contributed by atoms with Gasteiger partial charge in [-0.25, -0.2) is 8.78 Å². The van der Waals surface area contributed by atoms with Crippen molar-refractivity contribution < 1.29 is 18.3 Å². The van der Waals surface area contributed by atoms with Crippen molar-refractivity contribution >= 4 is 0 Å². The fourth-order valence-corrected chi connectivity index (χ4v) is 2.30. The number of hydrogen-bond donors (Lipinski definition) is 1. The zero-order valence-electron chi connectivity index (χ0n) is 8.68. The van der Waals surface area contributed by atoms with Crippen molar-refractivity contribution in [3.05, 3.63) is 0 Å². The lowest BCUT2D eigenvalue weighted by molar-refractivity contribution is -0.179. The highest BCUT2D eigenvalue weighted by Gasteiger charge is 2.40. The van der Waals surface area contributed by atoms with E-state index in [1.165, 1.54) is 0 Å². The molecule has 0 bridgehead atoms. The van der Waals surface area contributed by atoms with Gasteiger partial charge in [0.2, 0.25) is 0 Å². The van der Waals surface area contributed by atoms with Crippen LogP contribution in [0.1, 0.15) is 25.7 Å². The molecule has 0 aromatic rings. The van der Waals surface area contributed by atoms with Crippen molar-refractivity contribution in [1.29, 1.82) is 0 Å². The summed E-state index contributed by atoms with van der Waals surface area (Å²) in [6.45, 7) is 1.11. The van der Waals surface area contributed by atoms with Crippen LogP contribution in [0.25, 0.3) is 0 Å². The van der Waals surface area contributed by atoms with Crippen molar-refractivity contribution in [2.75, 3.05) is 19.8 Å². The van der Waals surface area contributed by atoms with Gasteiger partial charge in [-0.15, -0.1) is 0 Å². The molecule has 1 spiro atoms. The number of ether oxygens (including phenoxy) is 2. The molecule has 0 amide bonds. The summed E-state index contributed by atoms with van der Waals surface area (Å²) < 4.78 is 35.1. The quantitative estimate of drug-likeness (QED) is 0.784. The van der Waals surface area contributed by atoms with E-state index in [1.54, 1.807) is 0 Å². The maximum absolute atomic E-state index is 12.0. The first kappa shape index (κ1) is 11.2. The number of rotatable bonds is 3. The Morgan fingerprint density at radius 2 is 1.80 bits per heavy atom. The summed E-state index contributed by atoms with van der Waals surface area (Å²) in [6, 6.07) is 0.192. The Morgan fingerprint density at radius 3 is 2.33 bits per heavy atom. The number of hydrogen-bond acceptors (Lipinski definition) is 3. The summed E-state index contributed by atoms with van der Waals surface area (Å²) in [5.41, 5.74) is 0. The van der Waals surface area contributed by atoms with E-state index in [4.69, 9.17) is 9.47 Å². The van der Waals surface area contributed by atoms with Gasteiger partial charge in [-0.2, -0.15) is 0 Å². The number of halogens is 2. The molecule has 1 heterocycles. The summed E-state index contributed by atoms with van der Waals surface area (Å²) >= 11 is 0. The van der Waals surface area contributed by atoms with Crippen LogP contribution in [0.15, 0.2) is 0 Å². The average molecular weight is 221 g/mol. The first-order valence-corrected chi connectivity index (χ1v) is 5.50. The van der Waals surface area contributed by atoms with Crippen molar-refractivity contribution in [2.45, 2.75) is 43.9 Å². The molecule has 88 valence electrons. The Hall–Kier alpha value is -0.260. The van der Waals surface area contributed by atoms with Crippen LogP contribution in [0.5, 0.6) is 0 Å². The Balaban J connectivity index is 1.72. The van der Waals surface area contributed by atoms with Gasteiger partial charge in [-0.3, -0.25) is 0 Å². The van der Waals surface area contributed by atoms with Crippen molar-refractivity contribution in [2.24, 2.45) is 0 Å². The van der Waals surface area contributed by atoms with Gasteiger partial charge < -0.3 is 14.8 Å². The second-order valence-electron chi connectivity index (χ2n) is 4.18. The van der Waals surface area contributed by atoms with E-state index >= 15 is 0 Å². The number of nitrogens with one attached hydrogen (secondary N) is 1. The van der Waals surface area contributed by atoms with Crippen LogP contribution >= 0.6 is 0 Å². The van der Waals surface area contributed by atoms with Crippen molar-refractivity contribution in [1.82, 2.24) is 5.32 Å². The van der Waals surface area contributed by atoms with E-state index in [0.717, 1.165) is 25.7 Å². The highest BCUT2D eigenvalue weighted by molar-refractivity contribution is 4.85. The molecule has 2 aliphatic rings. The highest BCUT2D eigenvalue weighted by Crippen LogP contribution is 2.35. The summed E-state index contributed by atoms with van der Waals surface area (Å²) in [7, 11) is 0. The van der Waals surface area contributed by atoms with Crippen LogP contribution in [0, 0.1) is 0 Å². The lowest BCUT2D eigenvalue weighted by Gasteiger charge is -2.35. The summed E-state index contributed by atoms with van der Waals surface area (Å²) in [5, 5.41) is 2.87. The molecule has 0 aromatic heterocycles. The smallest absolute Gasteiger partial charge is 0.250 e. The van der Waals surface area contributed by atoms with Gasteiger partial charge in [0.25, 0.3) is 6.43 Å². The third-order valence-corrected chi connectivity index (χ3v) is 3.12. The topological polar surface area (TPSA) is 30.5 Å². The molecule has 1 saturated heterocycles. The third-order valence-electron chi connectivity index (χ3n) is 3.12. The normalized spacial score (nSPS) is 26.6. The van der Waals surface area contributed by atoms with Crippen LogP contribution < -0.4 is 5.32 Å². The van der Waals surface area contributed by atoms with Gasteiger partial charge in [0.05, 0.1) is 19.8 Å². The van der Waals surface area contributed by atoms with Gasteiger partial charge in [0, 0.05) is 18.9 Å². The van der Waals surface area contributed by atoms with Gasteiger partial charge in [0.15, 0.2) is 5.79 Å². The minimum absolute atomic E-state index is 0.192. The van der Waals surface area contributed by atoms with Gasteiger partial charge in [-0.1, -0.05) is 0 Å². The first-order valence-electron chi connectivity index (χ1n) is 5.50. The summed E-state index contributed by atoms with van der Waals surface area (Å²) in [5.74, 6) is -0.386. The van der Waals surface area contributed by atoms with Crippen LogP contribution in [-0.2, 0) is 9.47 Å². The Bertz CT molecular complexity index is 198. The van der Waals surface area contributed by atoms with Gasteiger partial charge >= 0.3 is 0 Å². The predicted molar refractivity (Wildman–Crippen MR) is 50.9 cm³/mol. The lowest BCUT2D eigenvalue weighted by Crippen LogP contribution is -2.43. The maximum Gasteiger partial charge on any atom is 0.250 e. The lowest BCUT2D eigenvalue weighted by atomic mass is 9.90. The molecule has 5 heteroatoms. The molecule has 3 nitrogen and oxygen atoms in total. The Kier molecular flexibility index (Phi) is 3.53. The molecular formula is C10H17F2NO2. The Labute approximate surface area is 88.1 Å². The van der Waals surface area contributed by atoms with Crippen LogP contribution in [-0.4, -0.2) is 38.0 Å². The molecule has 1 aliphatic heterocycles. The minimum Gasteiger partial charge on any atom is -0.348 e. The maximum atomic E-state index is 12.0. The molecule has 0 unspecified atom stereocenters. The molecule has 2 rings (SSSR count). The van der Waals surface area contributed by atoms with E-state index < -0.39 is 6.43 Å². The molecule has 15 heavy (non-hydrogen) atoms. The van der Waals surface area contributed by atoms with Crippen molar-refractivity contribution in [3.63, 3.8) is 0 Å². The molecule has 2 fully saturated rings. The van der Waals surface area contributed by atoms with Gasteiger partial charge in [0.1, 0.15) is 0 Å². The molecule has 0 aromatic carbocycles. The zero-order valence-corrected chi connectivity index (χ0v) is 8.68. The minimum atomic E-state index is -2.26. The second-order valence-corrected chi connectivity index (χ2v) is 4.18. The standard InChI is InChI=1S/C10H17F2NO2/c11-9(12)7-13-8-1-3-10(4-2-8)14-5-6-15-10/h8-9,13H,1-7H2. The monoisotopic (exact) mass is 221 g/mol. The average Bonchev–Trinajstić information content (AvgIpc) is 2.66. The summed E-state index contributed by atoms with van der Waals surface area (Å²) in [4.78, 5) is 0. The van der Waals surface area contributed by atoms with E-state index in [2.05, 4.69) is 5.32 Å². The molecule has 1 N–H and O–H groups in total. The molecule has 0 atom stereocenters. The predicted octanol–water partition coefficient (Wildman–Crippen LogP) is 1.53.